The van der Waals surface area contributed by atoms with Crippen LogP contribution in [0.5, 0.6) is 5.75 Å². The lowest BCUT2D eigenvalue weighted by atomic mass is 10.1. The summed E-state index contributed by atoms with van der Waals surface area (Å²) < 4.78 is 11.9. The molecule has 0 bridgehead atoms. The van der Waals surface area contributed by atoms with Gasteiger partial charge in [-0.2, -0.15) is 5.26 Å². The highest BCUT2D eigenvalue weighted by Crippen LogP contribution is 2.28. The van der Waals surface area contributed by atoms with Crippen molar-refractivity contribution in [2.75, 3.05) is 11.9 Å². The highest BCUT2D eigenvalue weighted by Gasteiger charge is 2.14. The van der Waals surface area contributed by atoms with E-state index in [9.17, 15) is 10.1 Å². The molecule has 0 radical (unpaired) electrons. The molecular weight excluding hydrogens is 478 g/mol. The van der Waals surface area contributed by atoms with E-state index in [2.05, 4.69) is 32.3 Å². The van der Waals surface area contributed by atoms with E-state index in [4.69, 9.17) is 9.15 Å². The van der Waals surface area contributed by atoms with E-state index in [1.807, 2.05) is 43.3 Å². The Morgan fingerprint density at radius 1 is 1.32 bits per heavy atom. The smallest absolute Gasteiger partial charge is 0.345 e. The fraction of sp³-hybridized carbons (Fsp3) is 0.0870. The first-order valence-electron chi connectivity index (χ1n) is 9.37. The second-order valence-electron chi connectivity index (χ2n) is 6.41. The fourth-order valence-corrected chi connectivity index (χ4v) is 4.12. The molecule has 2 aromatic carbocycles. The quantitative estimate of drug-likeness (QED) is 0.259. The highest BCUT2D eigenvalue weighted by molar-refractivity contribution is 9.10. The van der Waals surface area contributed by atoms with Gasteiger partial charge < -0.3 is 14.5 Å². The molecule has 4 aromatic rings. The van der Waals surface area contributed by atoms with Crippen LogP contribution in [0.25, 0.3) is 27.8 Å². The predicted octanol–water partition coefficient (Wildman–Crippen LogP) is 6.05. The Balaban J connectivity index is 1.65. The van der Waals surface area contributed by atoms with Gasteiger partial charge in [0.15, 0.2) is 0 Å². The molecule has 6 nitrogen and oxygen atoms in total. The molecule has 154 valence electrons. The third kappa shape index (κ3) is 4.53. The van der Waals surface area contributed by atoms with Gasteiger partial charge >= 0.3 is 5.63 Å². The molecule has 2 heterocycles. The van der Waals surface area contributed by atoms with Crippen LogP contribution in [-0.2, 0) is 0 Å². The summed E-state index contributed by atoms with van der Waals surface area (Å²) in [6, 6.07) is 16.8. The standard InChI is InChI=1S/C23H16BrN3O3S/c1-2-29-21-6-4-3-5-18(21)26-12-15(11-25)22-27-19(13-31-22)17-10-14-9-16(24)7-8-20(14)30-23(17)28/h3-10,12-13,26H,2H2,1H3. The molecule has 0 spiro atoms. The van der Waals surface area contributed by atoms with Crippen LogP contribution in [0.1, 0.15) is 11.9 Å². The van der Waals surface area contributed by atoms with Crippen molar-refractivity contribution in [2.24, 2.45) is 0 Å². The molecule has 8 heteroatoms. The molecule has 0 atom stereocenters. The van der Waals surface area contributed by atoms with Crippen LogP contribution in [0.4, 0.5) is 5.69 Å². The van der Waals surface area contributed by atoms with E-state index < -0.39 is 5.63 Å². The zero-order valence-electron chi connectivity index (χ0n) is 16.4. The number of benzene rings is 2. The number of nitrogens with zero attached hydrogens (tertiary/aromatic N) is 2. The van der Waals surface area contributed by atoms with Crippen LogP contribution in [-0.4, -0.2) is 11.6 Å². The van der Waals surface area contributed by atoms with Gasteiger partial charge in [-0.25, -0.2) is 9.78 Å². The van der Waals surface area contributed by atoms with E-state index in [-0.39, 0.29) is 0 Å². The van der Waals surface area contributed by atoms with Crippen molar-refractivity contribution in [3.63, 3.8) is 0 Å². The summed E-state index contributed by atoms with van der Waals surface area (Å²) in [5.74, 6) is 0.693. The molecule has 0 saturated heterocycles. The summed E-state index contributed by atoms with van der Waals surface area (Å²) in [7, 11) is 0. The van der Waals surface area contributed by atoms with Crippen molar-refractivity contribution in [1.29, 1.82) is 5.26 Å². The van der Waals surface area contributed by atoms with Crippen LogP contribution in [0.3, 0.4) is 0 Å². The topological polar surface area (TPSA) is 88.2 Å². The van der Waals surface area contributed by atoms with E-state index >= 15 is 0 Å². The third-order valence-electron chi connectivity index (χ3n) is 4.38. The van der Waals surface area contributed by atoms with Gasteiger partial charge in [-0.1, -0.05) is 28.1 Å². The number of ether oxygens (including phenoxy) is 1. The molecule has 4 rings (SSSR count). The molecular formula is C23H16BrN3O3S. The summed E-state index contributed by atoms with van der Waals surface area (Å²) >= 11 is 4.70. The average molecular weight is 494 g/mol. The van der Waals surface area contributed by atoms with Gasteiger partial charge in [0, 0.05) is 21.4 Å². The monoisotopic (exact) mass is 493 g/mol. The zero-order valence-corrected chi connectivity index (χ0v) is 18.8. The zero-order chi connectivity index (χ0) is 21.8. The Bertz CT molecular complexity index is 1380. The Labute approximate surface area is 190 Å². The van der Waals surface area contributed by atoms with E-state index in [0.717, 1.165) is 15.5 Å². The van der Waals surface area contributed by atoms with Crippen molar-refractivity contribution in [3.8, 4) is 23.1 Å². The number of hydrogen-bond donors (Lipinski definition) is 1. The van der Waals surface area contributed by atoms with Crippen LogP contribution in [0.2, 0.25) is 0 Å². The summed E-state index contributed by atoms with van der Waals surface area (Å²) in [6.07, 6.45) is 1.58. The van der Waals surface area contributed by atoms with Gasteiger partial charge in [-0.05, 0) is 43.3 Å². The van der Waals surface area contributed by atoms with Gasteiger partial charge in [0.25, 0.3) is 0 Å². The fourth-order valence-electron chi connectivity index (χ4n) is 2.95. The van der Waals surface area contributed by atoms with Crippen molar-refractivity contribution >= 4 is 49.5 Å². The van der Waals surface area contributed by atoms with Gasteiger partial charge in [0.05, 0.1) is 23.6 Å². The number of halogens is 1. The van der Waals surface area contributed by atoms with Gasteiger partial charge in [0.2, 0.25) is 0 Å². The van der Waals surface area contributed by atoms with Crippen LogP contribution < -0.4 is 15.7 Å². The molecule has 0 saturated carbocycles. The molecule has 0 unspecified atom stereocenters. The number of allylic oxidation sites excluding steroid dienone is 1. The second-order valence-corrected chi connectivity index (χ2v) is 8.18. The minimum absolute atomic E-state index is 0.343. The Morgan fingerprint density at radius 2 is 2.16 bits per heavy atom. The molecule has 1 N–H and O–H groups in total. The molecule has 0 aliphatic rings. The number of para-hydroxylation sites is 2. The minimum atomic E-state index is -0.474. The number of rotatable bonds is 6. The first-order chi connectivity index (χ1) is 15.1. The summed E-state index contributed by atoms with van der Waals surface area (Å²) in [4.78, 5) is 17.0. The first-order valence-corrected chi connectivity index (χ1v) is 11.0. The lowest BCUT2D eigenvalue weighted by Crippen LogP contribution is -2.03. The number of aromatic nitrogens is 1. The van der Waals surface area contributed by atoms with E-state index in [1.54, 1.807) is 23.7 Å². The maximum Gasteiger partial charge on any atom is 0.345 e. The van der Waals surface area contributed by atoms with Gasteiger partial charge in [0.1, 0.15) is 28.0 Å². The van der Waals surface area contributed by atoms with E-state index in [0.29, 0.717) is 39.8 Å². The van der Waals surface area contributed by atoms with E-state index in [1.165, 1.54) is 11.3 Å². The Kier molecular flexibility index (Phi) is 6.16. The maximum atomic E-state index is 12.5. The summed E-state index contributed by atoms with van der Waals surface area (Å²) in [5, 5.41) is 15.8. The lowest BCUT2D eigenvalue weighted by molar-refractivity contribution is 0.342. The predicted molar refractivity (Wildman–Crippen MR) is 126 cm³/mol. The summed E-state index contributed by atoms with van der Waals surface area (Å²) in [5.41, 5.74) is 1.93. The first kappa shape index (κ1) is 20.8. The minimum Gasteiger partial charge on any atom is -0.492 e. The lowest BCUT2D eigenvalue weighted by Gasteiger charge is -2.09. The Hall–Kier alpha value is -3.41. The van der Waals surface area contributed by atoms with Crippen molar-refractivity contribution < 1.29 is 9.15 Å². The van der Waals surface area contributed by atoms with Crippen molar-refractivity contribution in [3.05, 3.63) is 80.0 Å². The molecule has 0 aliphatic carbocycles. The van der Waals surface area contributed by atoms with Gasteiger partial charge in [-0.3, -0.25) is 0 Å². The maximum absolute atomic E-state index is 12.5. The van der Waals surface area contributed by atoms with Crippen molar-refractivity contribution in [2.45, 2.75) is 6.92 Å². The molecule has 0 aliphatic heterocycles. The van der Waals surface area contributed by atoms with Gasteiger partial charge in [-0.15, -0.1) is 11.3 Å². The van der Waals surface area contributed by atoms with Crippen molar-refractivity contribution in [1.82, 2.24) is 4.98 Å². The number of nitriles is 1. The number of nitrogens with one attached hydrogen (secondary N) is 1. The molecule has 0 amide bonds. The normalized spacial score (nSPS) is 11.3. The third-order valence-corrected chi connectivity index (χ3v) is 5.75. The highest BCUT2D eigenvalue weighted by atomic mass is 79.9. The second kappa shape index (κ2) is 9.16. The van der Waals surface area contributed by atoms with Crippen LogP contribution in [0.15, 0.2) is 73.8 Å². The number of thiazole rings is 1. The van der Waals surface area contributed by atoms with Crippen LogP contribution >= 0.6 is 27.3 Å². The number of anilines is 1. The number of hydrogen-bond acceptors (Lipinski definition) is 7. The molecule has 31 heavy (non-hydrogen) atoms. The Morgan fingerprint density at radius 3 is 2.97 bits per heavy atom. The summed E-state index contributed by atoms with van der Waals surface area (Å²) in [6.45, 7) is 2.45. The SMILES string of the molecule is CCOc1ccccc1NC=C(C#N)c1nc(-c2cc3cc(Br)ccc3oc2=O)cs1. The average Bonchev–Trinajstić information content (AvgIpc) is 3.25. The molecule has 2 aromatic heterocycles. The molecule has 0 fully saturated rings. The largest absolute Gasteiger partial charge is 0.492 e. The van der Waals surface area contributed by atoms with Crippen LogP contribution in [0, 0.1) is 11.3 Å². The number of fused-ring (bicyclic) bond motifs is 1.